The second-order valence-electron chi connectivity index (χ2n) is 5.41. The monoisotopic (exact) mass is 332 g/mol. The van der Waals surface area contributed by atoms with Crippen molar-refractivity contribution in [2.24, 2.45) is 0 Å². The van der Waals surface area contributed by atoms with E-state index in [0.29, 0.717) is 22.6 Å². The molecule has 0 saturated carbocycles. The summed E-state index contributed by atoms with van der Waals surface area (Å²) in [5.74, 6) is 1.24. The quantitative estimate of drug-likeness (QED) is 0.379. The molecule has 0 spiro atoms. The zero-order chi connectivity index (χ0) is 17.6. The van der Waals surface area contributed by atoms with Crippen LogP contribution in [0, 0.1) is 0 Å². The van der Waals surface area contributed by atoms with Crippen molar-refractivity contribution >= 4 is 11.8 Å². The van der Waals surface area contributed by atoms with Crippen molar-refractivity contribution in [3.63, 3.8) is 0 Å². The molecule has 3 aromatic rings. The lowest BCUT2D eigenvalue weighted by Gasteiger charge is -2.07. The number of hydrogen-bond donors (Lipinski definition) is 0. The topological polar surface area (TPSA) is 52.6 Å². The van der Waals surface area contributed by atoms with Crippen LogP contribution in [0.25, 0.3) is 0 Å². The molecule has 0 unspecified atom stereocenters. The van der Waals surface area contributed by atoms with Gasteiger partial charge in [0.1, 0.15) is 17.2 Å². The van der Waals surface area contributed by atoms with Gasteiger partial charge in [-0.05, 0) is 67.6 Å². The van der Waals surface area contributed by atoms with Crippen molar-refractivity contribution in [1.29, 1.82) is 0 Å². The van der Waals surface area contributed by atoms with E-state index in [-0.39, 0.29) is 5.78 Å². The van der Waals surface area contributed by atoms with Crippen LogP contribution in [0.2, 0.25) is 0 Å². The minimum atomic E-state index is -0.471. The Labute approximate surface area is 145 Å². The van der Waals surface area contributed by atoms with Gasteiger partial charge in [-0.2, -0.15) is 0 Å². The van der Waals surface area contributed by atoms with Crippen molar-refractivity contribution in [2.45, 2.75) is 6.92 Å². The molecule has 0 heterocycles. The minimum Gasteiger partial charge on any atom is -0.457 e. The number of carbonyl (C=O) groups is 2. The van der Waals surface area contributed by atoms with Crippen LogP contribution in [0.1, 0.15) is 27.6 Å². The van der Waals surface area contributed by atoms with E-state index in [9.17, 15) is 9.59 Å². The molecule has 0 aliphatic heterocycles. The van der Waals surface area contributed by atoms with E-state index in [4.69, 9.17) is 9.47 Å². The van der Waals surface area contributed by atoms with E-state index < -0.39 is 5.97 Å². The number of ketones is 1. The van der Waals surface area contributed by atoms with Crippen LogP contribution in [0.3, 0.4) is 0 Å². The molecule has 0 saturated heterocycles. The fraction of sp³-hybridized carbons (Fsp3) is 0.0476. The summed E-state index contributed by atoms with van der Waals surface area (Å²) in [6.45, 7) is 1.49. The first kappa shape index (κ1) is 16.5. The average molecular weight is 332 g/mol. The number of rotatable bonds is 5. The highest BCUT2D eigenvalue weighted by atomic mass is 16.5. The lowest BCUT2D eigenvalue weighted by Crippen LogP contribution is -2.08. The summed E-state index contributed by atoms with van der Waals surface area (Å²) < 4.78 is 11.0. The van der Waals surface area contributed by atoms with Crippen molar-refractivity contribution < 1.29 is 19.1 Å². The summed E-state index contributed by atoms with van der Waals surface area (Å²) in [7, 11) is 0. The fourth-order valence-electron chi connectivity index (χ4n) is 2.21. The molecule has 0 fully saturated rings. The predicted molar refractivity (Wildman–Crippen MR) is 94.4 cm³/mol. The standard InChI is InChI=1S/C21H16O4/c1-15(22)16-7-11-20(12-8-16)25-21(23)17-9-13-19(14-10-17)24-18-5-3-2-4-6-18/h2-14H,1H3. The van der Waals surface area contributed by atoms with E-state index in [1.165, 1.54) is 6.92 Å². The van der Waals surface area contributed by atoms with Crippen molar-refractivity contribution in [3.8, 4) is 17.2 Å². The number of ether oxygens (including phenoxy) is 2. The van der Waals surface area contributed by atoms with E-state index in [2.05, 4.69) is 0 Å². The highest BCUT2D eigenvalue weighted by Crippen LogP contribution is 2.22. The molecule has 3 aromatic carbocycles. The Morgan fingerprint density at radius 3 is 1.76 bits per heavy atom. The van der Waals surface area contributed by atoms with Gasteiger partial charge in [0.2, 0.25) is 0 Å². The molecule has 0 bridgehead atoms. The first-order chi connectivity index (χ1) is 12.1. The van der Waals surface area contributed by atoms with Gasteiger partial charge in [0.25, 0.3) is 0 Å². The third-order valence-corrected chi connectivity index (χ3v) is 3.54. The number of benzene rings is 3. The SMILES string of the molecule is CC(=O)c1ccc(OC(=O)c2ccc(Oc3ccccc3)cc2)cc1. The summed E-state index contributed by atoms with van der Waals surface area (Å²) in [6, 6.07) is 22.6. The Kier molecular flexibility index (Phi) is 4.90. The maximum absolute atomic E-state index is 12.2. The number of carbonyl (C=O) groups excluding carboxylic acids is 2. The van der Waals surface area contributed by atoms with Crippen molar-refractivity contribution in [3.05, 3.63) is 90.0 Å². The lowest BCUT2D eigenvalue weighted by molar-refractivity contribution is 0.0734. The Morgan fingerprint density at radius 2 is 1.16 bits per heavy atom. The molecule has 0 aliphatic carbocycles. The van der Waals surface area contributed by atoms with Gasteiger partial charge in [0.05, 0.1) is 5.56 Å². The molecule has 124 valence electrons. The summed E-state index contributed by atoms with van der Waals surface area (Å²) >= 11 is 0. The Balaban J connectivity index is 1.65. The van der Waals surface area contributed by atoms with Crippen molar-refractivity contribution in [2.75, 3.05) is 0 Å². The number of hydrogen-bond acceptors (Lipinski definition) is 4. The molecule has 25 heavy (non-hydrogen) atoms. The molecule has 0 aromatic heterocycles. The van der Waals surface area contributed by atoms with Crippen LogP contribution in [-0.4, -0.2) is 11.8 Å². The van der Waals surface area contributed by atoms with Gasteiger partial charge in [0, 0.05) is 5.56 Å². The van der Waals surface area contributed by atoms with Gasteiger partial charge in [0.15, 0.2) is 5.78 Å². The molecule has 0 aliphatic rings. The zero-order valence-electron chi connectivity index (χ0n) is 13.6. The molecule has 0 radical (unpaired) electrons. The second-order valence-corrected chi connectivity index (χ2v) is 5.41. The highest BCUT2D eigenvalue weighted by Gasteiger charge is 2.09. The molecule has 0 N–H and O–H groups in total. The largest absolute Gasteiger partial charge is 0.457 e. The number of esters is 1. The summed E-state index contributed by atoms with van der Waals surface area (Å²) in [4.78, 5) is 23.4. The Morgan fingerprint density at radius 1 is 0.640 bits per heavy atom. The van der Waals surface area contributed by atoms with Crippen LogP contribution in [0.15, 0.2) is 78.9 Å². The van der Waals surface area contributed by atoms with Gasteiger partial charge in [-0.1, -0.05) is 18.2 Å². The van der Waals surface area contributed by atoms with E-state index in [0.717, 1.165) is 5.75 Å². The van der Waals surface area contributed by atoms with Crippen molar-refractivity contribution in [1.82, 2.24) is 0 Å². The van der Waals surface area contributed by atoms with Gasteiger partial charge in [-0.25, -0.2) is 4.79 Å². The predicted octanol–water partition coefficient (Wildman–Crippen LogP) is 4.90. The van der Waals surface area contributed by atoms with Gasteiger partial charge >= 0.3 is 5.97 Å². The summed E-state index contributed by atoms with van der Waals surface area (Å²) in [5, 5.41) is 0. The molecule has 3 rings (SSSR count). The molecule has 4 nitrogen and oxygen atoms in total. The molecular formula is C21H16O4. The number of para-hydroxylation sites is 1. The van der Waals surface area contributed by atoms with Gasteiger partial charge in [-0.3, -0.25) is 4.79 Å². The normalized spacial score (nSPS) is 10.1. The fourth-order valence-corrected chi connectivity index (χ4v) is 2.21. The molecule has 0 atom stereocenters. The van der Waals surface area contributed by atoms with E-state index in [1.54, 1.807) is 48.5 Å². The van der Waals surface area contributed by atoms with E-state index >= 15 is 0 Å². The summed E-state index contributed by atoms with van der Waals surface area (Å²) in [5.41, 5.74) is 0.985. The molecule has 0 amide bonds. The third-order valence-electron chi connectivity index (χ3n) is 3.54. The van der Waals surface area contributed by atoms with Gasteiger partial charge < -0.3 is 9.47 Å². The summed E-state index contributed by atoms with van der Waals surface area (Å²) in [6.07, 6.45) is 0. The molecule has 4 heteroatoms. The maximum atomic E-state index is 12.2. The second kappa shape index (κ2) is 7.45. The third kappa shape index (κ3) is 4.32. The molecular weight excluding hydrogens is 316 g/mol. The Bertz CT molecular complexity index is 866. The zero-order valence-corrected chi connectivity index (χ0v) is 13.6. The van der Waals surface area contributed by atoms with Crippen LogP contribution in [-0.2, 0) is 0 Å². The van der Waals surface area contributed by atoms with Crippen LogP contribution >= 0.6 is 0 Å². The average Bonchev–Trinajstić information content (AvgIpc) is 2.63. The first-order valence-corrected chi connectivity index (χ1v) is 7.78. The maximum Gasteiger partial charge on any atom is 0.343 e. The van der Waals surface area contributed by atoms with Crippen LogP contribution in [0.5, 0.6) is 17.2 Å². The van der Waals surface area contributed by atoms with Gasteiger partial charge in [-0.15, -0.1) is 0 Å². The lowest BCUT2D eigenvalue weighted by atomic mass is 10.1. The highest BCUT2D eigenvalue weighted by molar-refractivity contribution is 5.94. The smallest absolute Gasteiger partial charge is 0.343 e. The van der Waals surface area contributed by atoms with Crippen LogP contribution in [0.4, 0.5) is 0 Å². The first-order valence-electron chi connectivity index (χ1n) is 7.78. The minimum absolute atomic E-state index is 0.0353. The van der Waals surface area contributed by atoms with E-state index in [1.807, 2.05) is 30.3 Å². The number of Topliss-reactive ketones (excluding diaryl/α,β-unsaturated/α-hetero) is 1. The Hall–Kier alpha value is -3.40. The van der Waals surface area contributed by atoms with Crippen LogP contribution < -0.4 is 9.47 Å².